The molecule has 0 spiro atoms. The topological polar surface area (TPSA) is 152 Å². The highest BCUT2D eigenvalue weighted by Crippen LogP contribution is 2.42. The molecule has 172 valence electrons. The Morgan fingerprint density at radius 3 is 2.33 bits per heavy atom. The molecule has 0 saturated heterocycles. The predicted octanol–water partition coefficient (Wildman–Crippen LogP) is 4.41. The number of anilines is 1. The Balaban J connectivity index is 2.20. The van der Waals surface area contributed by atoms with Gasteiger partial charge in [0.2, 0.25) is 0 Å². The molecule has 0 aliphatic carbocycles. The van der Waals surface area contributed by atoms with Crippen molar-refractivity contribution in [2.75, 3.05) is 12.3 Å². The number of nitrogen functional groups attached to an aromatic ring is 1. The van der Waals surface area contributed by atoms with Crippen molar-refractivity contribution in [2.45, 2.75) is 13.5 Å². The van der Waals surface area contributed by atoms with Crippen molar-refractivity contribution < 1.29 is 29.3 Å². The zero-order valence-corrected chi connectivity index (χ0v) is 19.5. The maximum Gasteiger partial charge on any atom is 0.342 e. The van der Waals surface area contributed by atoms with Crippen LogP contribution in [0.3, 0.4) is 0 Å². The highest BCUT2D eigenvalue weighted by atomic mass is 79.9. The van der Waals surface area contributed by atoms with Gasteiger partial charge in [0, 0.05) is 26.2 Å². The number of carbonyl (C=O) groups is 2. The molecule has 0 radical (unpaired) electrons. The third kappa shape index (κ3) is 4.96. The number of pyridine rings is 1. The van der Waals surface area contributed by atoms with Crippen molar-refractivity contribution in [1.29, 1.82) is 0 Å². The van der Waals surface area contributed by atoms with E-state index in [0.717, 1.165) is 5.56 Å². The molecule has 1 aromatic heterocycles. The summed E-state index contributed by atoms with van der Waals surface area (Å²) >= 11 is 9.50. The molecule has 0 saturated carbocycles. The summed E-state index contributed by atoms with van der Waals surface area (Å²) in [7, 11) is 0. The predicted molar refractivity (Wildman–Crippen MR) is 125 cm³/mol. The number of hydrogen-bond acceptors (Lipinski definition) is 6. The minimum atomic E-state index is -1.61. The van der Waals surface area contributed by atoms with Crippen molar-refractivity contribution in [2.24, 2.45) is 0 Å². The minimum Gasteiger partial charge on any atom is -0.490 e. The summed E-state index contributed by atoms with van der Waals surface area (Å²) in [6.07, 6.45) is 0. The van der Waals surface area contributed by atoms with Crippen LogP contribution in [0.5, 0.6) is 11.5 Å². The molecule has 0 bridgehead atoms. The van der Waals surface area contributed by atoms with E-state index in [1.165, 1.54) is 12.1 Å². The summed E-state index contributed by atoms with van der Waals surface area (Å²) in [5.74, 6) is -3.10. The Kier molecular flexibility index (Phi) is 7.29. The van der Waals surface area contributed by atoms with E-state index in [-0.39, 0.29) is 34.6 Å². The van der Waals surface area contributed by atoms with E-state index in [1.807, 2.05) is 6.07 Å². The van der Waals surface area contributed by atoms with Crippen LogP contribution in [0, 0.1) is 0 Å². The maximum atomic E-state index is 12.3. The van der Waals surface area contributed by atoms with E-state index in [9.17, 15) is 24.6 Å². The Bertz CT molecular complexity index is 1310. The van der Waals surface area contributed by atoms with Gasteiger partial charge in [0.25, 0.3) is 5.56 Å². The average Bonchev–Trinajstić information content (AvgIpc) is 2.73. The van der Waals surface area contributed by atoms with E-state index < -0.39 is 34.4 Å². The first-order chi connectivity index (χ1) is 15.6. The van der Waals surface area contributed by atoms with Crippen LogP contribution in [-0.4, -0.2) is 33.7 Å². The summed E-state index contributed by atoms with van der Waals surface area (Å²) in [6.45, 7) is 2.08. The molecule has 0 fully saturated rings. The zero-order chi connectivity index (χ0) is 24.3. The lowest BCUT2D eigenvalue weighted by Crippen LogP contribution is -2.24. The number of ether oxygens (including phenoxy) is 2. The Labute approximate surface area is 200 Å². The maximum absolute atomic E-state index is 12.3. The summed E-state index contributed by atoms with van der Waals surface area (Å²) in [5.41, 5.74) is 3.80. The first kappa shape index (κ1) is 24.1. The van der Waals surface area contributed by atoms with Gasteiger partial charge in [0.1, 0.15) is 23.6 Å². The number of H-pyrrole nitrogens is 1. The number of aromatic amines is 1. The number of aromatic nitrogens is 1. The van der Waals surface area contributed by atoms with Crippen LogP contribution in [0.15, 0.2) is 45.7 Å². The number of benzene rings is 2. The number of hydrogen-bond donors (Lipinski definition) is 4. The highest BCUT2D eigenvalue weighted by molar-refractivity contribution is 9.10. The number of nitrogens with one attached hydrogen (secondary N) is 1. The van der Waals surface area contributed by atoms with Crippen molar-refractivity contribution in [3.05, 3.63) is 72.9 Å². The largest absolute Gasteiger partial charge is 0.490 e. The number of halogens is 2. The highest BCUT2D eigenvalue weighted by Gasteiger charge is 2.28. The number of carboxylic acid groups (broad SMARTS) is 2. The van der Waals surface area contributed by atoms with Crippen LogP contribution < -0.4 is 20.8 Å². The van der Waals surface area contributed by atoms with E-state index >= 15 is 0 Å². The molecule has 9 nitrogen and oxygen atoms in total. The fourth-order valence-electron chi connectivity index (χ4n) is 3.19. The standard InChI is InChI=1S/C22H18BrClN2O7/c1-2-32-14-7-11(12(23)8-15(14)33-9-10-5-3-4-6-13(10)24)16-17(21(28)29)19(25)26-20(27)18(16)22(30)31/h3-8H,2,9H2,1H3,(H,28,29)(H,30,31)(H3,25,26,27). The van der Waals surface area contributed by atoms with Crippen LogP contribution in [0.2, 0.25) is 5.02 Å². The lowest BCUT2D eigenvalue weighted by atomic mass is 9.95. The third-order valence-corrected chi connectivity index (χ3v) is 5.64. The monoisotopic (exact) mass is 536 g/mol. The summed E-state index contributed by atoms with van der Waals surface area (Å²) in [4.78, 5) is 38.2. The van der Waals surface area contributed by atoms with Gasteiger partial charge in [0.05, 0.1) is 6.61 Å². The van der Waals surface area contributed by atoms with Gasteiger partial charge in [0.15, 0.2) is 11.5 Å². The second-order valence-corrected chi connectivity index (χ2v) is 7.96. The lowest BCUT2D eigenvalue weighted by molar-refractivity contribution is 0.0695. The fraction of sp³-hybridized carbons (Fsp3) is 0.136. The molecule has 33 heavy (non-hydrogen) atoms. The van der Waals surface area contributed by atoms with Crippen molar-refractivity contribution in [3.8, 4) is 22.6 Å². The molecule has 0 atom stereocenters. The second-order valence-electron chi connectivity index (χ2n) is 6.69. The zero-order valence-electron chi connectivity index (χ0n) is 17.1. The summed E-state index contributed by atoms with van der Waals surface area (Å²) < 4.78 is 11.8. The van der Waals surface area contributed by atoms with Gasteiger partial charge in [-0.25, -0.2) is 9.59 Å². The average molecular weight is 538 g/mol. The first-order valence-electron chi connectivity index (χ1n) is 9.50. The number of nitrogens with two attached hydrogens (primary N) is 1. The van der Waals surface area contributed by atoms with Gasteiger partial charge in [-0.15, -0.1) is 0 Å². The molecule has 0 unspecified atom stereocenters. The van der Waals surface area contributed by atoms with Crippen molar-refractivity contribution in [1.82, 2.24) is 4.98 Å². The SMILES string of the molecule is CCOc1cc(-c2c(C(=O)O)c(N)[nH]c(=O)c2C(=O)O)c(Br)cc1OCc1ccccc1Cl. The summed E-state index contributed by atoms with van der Waals surface area (Å²) in [6, 6.07) is 10.0. The van der Waals surface area contributed by atoms with E-state index in [1.54, 1.807) is 25.1 Å². The molecule has 5 N–H and O–H groups in total. The normalized spacial score (nSPS) is 10.6. The van der Waals surface area contributed by atoms with Gasteiger partial charge in [-0.05, 0) is 25.1 Å². The summed E-state index contributed by atoms with van der Waals surface area (Å²) in [5, 5.41) is 19.8. The molecule has 1 heterocycles. The van der Waals surface area contributed by atoms with Crippen LogP contribution in [0.25, 0.3) is 11.1 Å². The Hall–Kier alpha value is -3.50. The van der Waals surface area contributed by atoms with Crippen LogP contribution >= 0.6 is 27.5 Å². The molecule has 3 aromatic rings. The Morgan fingerprint density at radius 2 is 1.73 bits per heavy atom. The third-order valence-electron chi connectivity index (χ3n) is 4.62. The molecule has 11 heteroatoms. The van der Waals surface area contributed by atoms with Crippen LogP contribution in [0.1, 0.15) is 33.2 Å². The smallest absolute Gasteiger partial charge is 0.342 e. The number of aromatic carboxylic acids is 2. The number of carboxylic acids is 2. The van der Waals surface area contributed by atoms with Gasteiger partial charge in [-0.3, -0.25) is 4.79 Å². The molecule has 0 aliphatic heterocycles. The van der Waals surface area contributed by atoms with E-state index in [2.05, 4.69) is 20.9 Å². The van der Waals surface area contributed by atoms with Gasteiger partial charge >= 0.3 is 11.9 Å². The molecule has 0 amide bonds. The molecular weight excluding hydrogens is 520 g/mol. The minimum absolute atomic E-state index is 0.0798. The van der Waals surface area contributed by atoms with Gasteiger partial charge in [-0.2, -0.15) is 0 Å². The van der Waals surface area contributed by atoms with Crippen LogP contribution in [0.4, 0.5) is 5.82 Å². The van der Waals surface area contributed by atoms with Gasteiger partial charge < -0.3 is 30.4 Å². The Morgan fingerprint density at radius 1 is 1.09 bits per heavy atom. The van der Waals surface area contributed by atoms with Gasteiger partial charge in [-0.1, -0.05) is 45.7 Å². The number of rotatable bonds is 8. The van der Waals surface area contributed by atoms with Crippen molar-refractivity contribution >= 4 is 45.3 Å². The molecular formula is C22H18BrClN2O7. The second kappa shape index (κ2) is 9.97. The van der Waals surface area contributed by atoms with Crippen molar-refractivity contribution in [3.63, 3.8) is 0 Å². The molecule has 3 rings (SSSR count). The first-order valence-corrected chi connectivity index (χ1v) is 10.7. The quantitative estimate of drug-likeness (QED) is 0.330. The van der Waals surface area contributed by atoms with E-state index in [0.29, 0.717) is 10.8 Å². The molecule has 0 aliphatic rings. The lowest BCUT2D eigenvalue weighted by Gasteiger charge is -2.18. The molecule has 2 aromatic carbocycles. The van der Waals surface area contributed by atoms with E-state index in [4.69, 9.17) is 26.8 Å². The fourth-order valence-corrected chi connectivity index (χ4v) is 3.91. The van der Waals surface area contributed by atoms with Crippen LogP contribution in [-0.2, 0) is 6.61 Å².